The maximum absolute atomic E-state index is 12.9. The molecule has 0 spiro atoms. The molecule has 0 radical (unpaired) electrons. The molecule has 0 saturated carbocycles. The van der Waals surface area contributed by atoms with Crippen LogP contribution in [0.3, 0.4) is 0 Å². The second-order valence-corrected chi connectivity index (χ2v) is 4.64. The van der Waals surface area contributed by atoms with E-state index in [4.69, 9.17) is 11.6 Å². The highest BCUT2D eigenvalue weighted by atomic mass is 35.5. The van der Waals surface area contributed by atoms with E-state index in [1.807, 2.05) is 0 Å². The smallest absolute Gasteiger partial charge is 0.138 e. The molecule has 0 aliphatic rings. The van der Waals surface area contributed by atoms with Crippen molar-refractivity contribution in [1.29, 1.82) is 0 Å². The van der Waals surface area contributed by atoms with E-state index >= 15 is 0 Å². The molecule has 18 heavy (non-hydrogen) atoms. The third kappa shape index (κ3) is 4.75. The molecule has 1 rings (SSSR count). The molecule has 100 valence electrons. The van der Waals surface area contributed by atoms with Crippen LogP contribution >= 0.6 is 11.6 Å². The Kier molecular flexibility index (Phi) is 6.30. The lowest BCUT2D eigenvalue weighted by Gasteiger charge is -2.17. The van der Waals surface area contributed by atoms with Crippen molar-refractivity contribution in [3.8, 4) is 0 Å². The van der Waals surface area contributed by atoms with Gasteiger partial charge in [-0.15, -0.1) is 0 Å². The van der Waals surface area contributed by atoms with E-state index in [9.17, 15) is 9.18 Å². The normalized spacial score (nSPS) is 10.9. The Labute approximate surface area is 113 Å². The van der Waals surface area contributed by atoms with Crippen LogP contribution in [0.15, 0.2) is 18.2 Å². The number of carbonyl (C=O) groups is 1. The highest BCUT2D eigenvalue weighted by molar-refractivity contribution is 6.31. The molecular weight excluding hydrogens is 253 g/mol. The first kappa shape index (κ1) is 15.1. The van der Waals surface area contributed by atoms with Crippen LogP contribution in [0.5, 0.6) is 0 Å². The zero-order chi connectivity index (χ0) is 13.5. The van der Waals surface area contributed by atoms with Crippen LogP contribution in [0.4, 0.5) is 4.39 Å². The first-order chi connectivity index (χ1) is 8.56. The van der Waals surface area contributed by atoms with E-state index in [0.29, 0.717) is 17.0 Å². The van der Waals surface area contributed by atoms with Gasteiger partial charge in [-0.3, -0.25) is 4.79 Å². The summed E-state index contributed by atoms with van der Waals surface area (Å²) in [4.78, 5) is 14.0. The zero-order valence-electron chi connectivity index (χ0n) is 10.9. The van der Waals surface area contributed by atoms with E-state index in [0.717, 1.165) is 19.6 Å². The van der Waals surface area contributed by atoms with E-state index < -0.39 is 0 Å². The minimum absolute atomic E-state index is 0.135. The predicted molar refractivity (Wildman–Crippen MR) is 72.5 cm³/mol. The number of halogens is 2. The number of rotatable bonds is 7. The summed E-state index contributed by atoms with van der Waals surface area (Å²) in [5.74, 6) is -0.241. The Balaban J connectivity index is 2.49. The topological polar surface area (TPSA) is 20.3 Å². The molecule has 0 amide bonds. The number of nitrogens with zero attached hydrogens (tertiary/aromatic N) is 1. The van der Waals surface area contributed by atoms with Crippen LogP contribution in [-0.2, 0) is 11.2 Å². The molecule has 0 N–H and O–H groups in total. The van der Waals surface area contributed by atoms with Gasteiger partial charge in [0, 0.05) is 24.4 Å². The first-order valence-corrected chi connectivity index (χ1v) is 6.62. The zero-order valence-corrected chi connectivity index (χ0v) is 11.6. The summed E-state index contributed by atoms with van der Waals surface area (Å²) in [5.41, 5.74) is 0.697. The lowest BCUT2D eigenvalue weighted by molar-refractivity contribution is -0.118. The van der Waals surface area contributed by atoms with Crippen molar-refractivity contribution < 1.29 is 9.18 Å². The van der Waals surface area contributed by atoms with E-state index in [-0.39, 0.29) is 18.0 Å². The van der Waals surface area contributed by atoms with Crippen LogP contribution in [0, 0.1) is 5.82 Å². The van der Waals surface area contributed by atoms with Gasteiger partial charge in [0.1, 0.15) is 11.6 Å². The van der Waals surface area contributed by atoms with Crippen LogP contribution in [0.1, 0.15) is 25.8 Å². The summed E-state index contributed by atoms with van der Waals surface area (Å²) in [7, 11) is 0. The van der Waals surface area contributed by atoms with Gasteiger partial charge in [-0.05, 0) is 30.8 Å². The van der Waals surface area contributed by atoms with E-state index in [2.05, 4.69) is 18.7 Å². The standard InChI is InChI=1S/C14H19ClFNO/c1-3-17(4-2)8-7-13(18)9-11-5-6-12(16)10-14(11)15/h5-6,10H,3-4,7-9H2,1-2H3. The SMILES string of the molecule is CCN(CC)CCC(=O)Cc1ccc(F)cc1Cl. The molecule has 0 atom stereocenters. The van der Waals surface area contributed by atoms with Gasteiger partial charge in [0.2, 0.25) is 0 Å². The van der Waals surface area contributed by atoms with E-state index in [1.54, 1.807) is 6.07 Å². The molecule has 1 aromatic rings. The fourth-order valence-electron chi connectivity index (χ4n) is 1.79. The average molecular weight is 272 g/mol. The fourth-order valence-corrected chi connectivity index (χ4v) is 2.02. The third-order valence-corrected chi connectivity index (χ3v) is 3.36. The Morgan fingerprint density at radius 2 is 2.00 bits per heavy atom. The van der Waals surface area contributed by atoms with Crippen LogP contribution in [-0.4, -0.2) is 30.3 Å². The van der Waals surface area contributed by atoms with Gasteiger partial charge in [0.25, 0.3) is 0 Å². The molecule has 0 heterocycles. The van der Waals surface area contributed by atoms with Crippen molar-refractivity contribution in [2.75, 3.05) is 19.6 Å². The summed E-state index contributed by atoms with van der Waals surface area (Å²) in [6.45, 7) is 6.81. The van der Waals surface area contributed by atoms with Crippen molar-refractivity contribution in [2.45, 2.75) is 26.7 Å². The average Bonchev–Trinajstić information content (AvgIpc) is 2.34. The van der Waals surface area contributed by atoms with Crippen LogP contribution in [0.2, 0.25) is 5.02 Å². The number of hydrogen-bond donors (Lipinski definition) is 0. The summed E-state index contributed by atoms with van der Waals surface area (Å²) < 4.78 is 12.9. The van der Waals surface area contributed by atoms with Crippen molar-refractivity contribution in [2.24, 2.45) is 0 Å². The largest absolute Gasteiger partial charge is 0.303 e. The number of hydrogen-bond acceptors (Lipinski definition) is 2. The fraction of sp³-hybridized carbons (Fsp3) is 0.500. The molecule has 0 unspecified atom stereocenters. The molecule has 0 aliphatic heterocycles. The van der Waals surface area contributed by atoms with Crippen molar-refractivity contribution in [3.05, 3.63) is 34.6 Å². The number of Topliss-reactive ketones (excluding diaryl/α,β-unsaturated/α-hetero) is 1. The highest BCUT2D eigenvalue weighted by Gasteiger charge is 2.09. The monoisotopic (exact) mass is 271 g/mol. The summed E-state index contributed by atoms with van der Waals surface area (Å²) in [5, 5.41) is 0.325. The molecule has 0 bridgehead atoms. The molecular formula is C14H19ClFNO. The van der Waals surface area contributed by atoms with Crippen molar-refractivity contribution >= 4 is 17.4 Å². The quantitative estimate of drug-likeness (QED) is 0.758. The minimum Gasteiger partial charge on any atom is -0.303 e. The Bertz CT molecular complexity index is 405. The summed E-state index contributed by atoms with van der Waals surface area (Å²) in [6.07, 6.45) is 0.787. The number of ketones is 1. The van der Waals surface area contributed by atoms with E-state index in [1.165, 1.54) is 12.1 Å². The predicted octanol–water partition coefficient (Wildman–Crippen LogP) is 3.32. The second-order valence-electron chi connectivity index (χ2n) is 4.23. The molecule has 0 fully saturated rings. The van der Waals surface area contributed by atoms with Gasteiger partial charge in [-0.1, -0.05) is 31.5 Å². The second kappa shape index (κ2) is 7.49. The van der Waals surface area contributed by atoms with Gasteiger partial charge in [0.05, 0.1) is 0 Å². The van der Waals surface area contributed by atoms with Crippen molar-refractivity contribution in [1.82, 2.24) is 4.90 Å². The maximum atomic E-state index is 12.9. The first-order valence-electron chi connectivity index (χ1n) is 6.24. The van der Waals surface area contributed by atoms with Crippen molar-refractivity contribution in [3.63, 3.8) is 0 Å². The lowest BCUT2D eigenvalue weighted by Crippen LogP contribution is -2.26. The maximum Gasteiger partial charge on any atom is 0.138 e. The number of carbonyl (C=O) groups excluding carboxylic acids is 1. The van der Waals surface area contributed by atoms with Gasteiger partial charge in [-0.25, -0.2) is 4.39 Å². The van der Waals surface area contributed by atoms with Gasteiger partial charge in [0.15, 0.2) is 0 Å². The molecule has 1 aromatic carbocycles. The van der Waals surface area contributed by atoms with Crippen LogP contribution in [0.25, 0.3) is 0 Å². The molecule has 0 saturated heterocycles. The minimum atomic E-state index is -0.376. The Hall–Kier alpha value is -0.930. The van der Waals surface area contributed by atoms with Crippen LogP contribution < -0.4 is 0 Å². The third-order valence-electron chi connectivity index (χ3n) is 3.00. The Morgan fingerprint density at radius 3 is 2.56 bits per heavy atom. The number of benzene rings is 1. The highest BCUT2D eigenvalue weighted by Crippen LogP contribution is 2.18. The van der Waals surface area contributed by atoms with Gasteiger partial charge < -0.3 is 4.90 Å². The van der Waals surface area contributed by atoms with Gasteiger partial charge in [-0.2, -0.15) is 0 Å². The lowest BCUT2D eigenvalue weighted by atomic mass is 10.1. The summed E-state index contributed by atoms with van der Waals surface area (Å²) in [6, 6.07) is 4.15. The summed E-state index contributed by atoms with van der Waals surface area (Å²) >= 11 is 5.89. The molecule has 0 aromatic heterocycles. The van der Waals surface area contributed by atoms with Gasteiger partial charge >= 0.3 is 0 Å². The molecule has 0 aliphatic carbocycles. The Morgan fingerprint density at radius 1 is 1.33 bits per heavy atom. The molecule has 2 nitrogen and oxygen atoms in total. The molecule has 4 heteroatoms.